The minimum Gasteiger partial charge on any atom is -0.255 e. The highest BCUT2D eigenvalue weighted by Gasteiger charge is 2.30. The van der Waals surface area contributed by atoms with Gasteiger partial charge in [0.25, 0.3) is 0 Å². The molecule has 0 atom stereocenters. The summed E-state index contributed by atoms with van der Waals surface area (Å²) < 4.78 is 2.07. The fourth-order valence-electron chi connectivity index (χ4n) is 3.05. The van der Waals surface area contributed by atoms with Gasteiger partial charge in [-0.1, -0.05) is 69.2 Å². The van der Waals surface area contributed by atoms with Crippen LogP contribution in [-0.2, 0) is 0 Å². The number of allylic oxidation sites excluding steroid dienone is 2. The molecule has 0 saturated heterocycles. The lowest BCUT2D eigenvalue weighted by atomic mass is 9.92. The molecule has 0 bridgehead atoms. The fourth-order valence-corrected chi connectivity index (χ4v) is 4.82. The molecule has 22 heavy (non-hydrogen) atoms. The van der Waals surface area contributed by atoms with E-state index in [2.05, 4.69) is 89.1 Å². The van der Waals surface area contributed by atoms with Gasteiger partial charge in [0.15, 0.2) is 0 Å². The third kappa shape index (κ3) is 3.27. The highest BCUT2D eigenvalue weighted by molar-refractivity contribution is 6.84. The van der Waals surface area contributed by atoms with E-state index in [1.54, 1.807) is 0 Å². The number of hydrogen-bond donors (Lipinski definition) is 0. The average molecular weight is 312 g/mol. The maximum atomic E-state index is 4.27. The van der Waals surface area contributed by atoms with Gasteiger partial charge in [-0.2, -0.15) is 0 Å². The molecule has 0 amide bonds. The Labute approximate surface area is 137 Å². The van der Waals surface area contributed by atoms with Crippen molar-refractivity contribution in [1.29, 1.82) is 0 Å². The van der Waals surface area contributed by atoms with Crippen molar-refractivity contribution < 1.29 is 4.58 Å². The quantitative estimate of drug-likeness (QED) is 0.407. The van der Waals surface area contributed by atoms with Crippen LogP contribution in [0.1, 0.15) is 30.5 Å². The van der Waals surface area contributed by atoms with Crippen LogP contribution in [0.5, 0.6) is 0 Å². The summed E-state index contributed by atoms with van der Waals surface area (Å²) in [5.41, 5.74) is 5.38. The van der Waals surface area contributed by atoms with Gasteiger partial charge in [0.05, 0.1) is 14.8 Å². The van der Waals surface area contributed by atoms with E-state index in [1.807, 2.05) is 0 Å². The van der Waals surface area contributed by atoms with Gasteiger partial charge in [0, 0.05) is 0 Å². The van der Waals surface area contributed by atoms with Crippen LogP contribution in [0.2, 0.25) is 19.6 Å². The second kappa shape index (κ2) is 5.92. The molecule has 0 aromatic heterocycles. The van der Waals surface area contributed by atoms with Gasteiger partial charge in [-0.05, 0) is 29.7 Å². The van der Waals surface area contributed by atoms with E-state index in [1.165, 1.54) is 33.5 Å². The van der Waals surface area contributed by atoms with Crippen molar-refractivity contribution in [1.82, 2.24) is 0 Å². The molecule has 1 nitrogen and oxygen atoms in total. The van der Waals surface area contributed by atoms with Gasteiger partial charge in [-0.15, -0.1) is 6.07 Å². The van der Waals surface area contributed by atoms with Gasteiger partial charge in [-0.25, -0.2) is 0 Å². The normalized spacial score (nSPS) is 16.0. The van der Waals surface area contributed by atoms with Gasteiger partial charge >= 0.3 is 0 Å². The third-order valence-corrected chi connectivity index (χ3v) is 6.32. The van der Waals surface area contributed by atoms with Crippen molar-refractivity contribution in [2.45, 2.75) is 47.3 Å². The molecule has 0 spiro atoms. The fraction of sp³-hybridized carbons (Fsp3) is 0.400. The predicted octanol–water partition coefficient (Wildman–Crippen LogP) is 5.25. The first-order valence-electron chi connectivity index (χ1n) is 8.10. The molecule has 1 aliphatic heterocycles. The molecular weight excluding hydrogens is 282 g/mol. The summed E-state index contributed by atoms with van der Waals surface area (Å²) in [5, 5.41) is 1.52. The number of aryl methyl sites for hydroxylation is 2. The summed E-state index contributed by atoms with van der Waals surface area (Å²) in [4.78, 5) is 0. The van der Waals surface area contributed by atoms with Crippen molar-refractivity contribution >= 4 is 14.8 Å². The zero-order chi connectivity index (χ0) is 16.7. The van der Waals surface area contributed by atoms with E-state index in [4.69, 9.17) is 0 Å². The smallest absolute Gasteiger partial charge is 0.147 e. The Morgan fingerprint density at radius 3 is 2.27 bits per heavy atom. The number of rotatable bonds is 3. The first-order chi connectivity index (χ1) is 10.1. The van der Waals surface area contributed by atoms with Crippen LogP contribution in [-0.4, -0.2) is 19.4 Å². The molecular formula is C20H29NSi. The zero-order valence-corrected chi connectivity index (χ0v) is 16.1. The van der Waals surface area contributed by atoms with E-state index < -0.39 is 8.07 Å². The Morgan fingerprint density at radius 1 is 1.14 bits per heavy atom. The SMILES string of the molecule is C=[N+]1C=C([Si](C)(C)C)C(C(C)C)=C[C-]1c1ccc(C)cc1C. The number of nitrogens with zero attached hydrogens (tertiary/aromatic N) is 1. The number of hydrogen-bond acceptors (Lipinski definition) is 0. The van der Waals surface area contributed by atoms with Crippen molar-refractivity contribution in [2.24, 2.45) is 5.92 Å². The molecule has 0 unspecified atom stereocenters. The Kier molecular flexibility index (Phi) is 4.53. The Hall–Kier alpha value is -1.54. The van der Waals surface area contributed by atoms with Crippen LogP contribution in [0.15, 0.2) is 41.2 Å². The Balaban J connectivity index is 2.53. The summed E-state index contributed by atoms with van der Waals surface area (Å²) in [5.74, 6) is 0.535. The van der Waals surface area contributed by atoms with E-state index in [-0.39, 0.29) is 0 Å². The average Bonchev–Trinajstić information content (AvgIpc) is 2.37. The first kappa shape index (κ1) is 16.8. The third-order valence-electron chi connectivity index (χ3n) is 4.29. The predicted molar refractivity (Wildman–Crippen MR) is 100.0 cm³/mol. The monoisotopic (exact) mass is 311 g/mol. The Morgan fingerprint density at radius 2 is 1.77 bits per heavy atom. The van der Waals surface area contributed by atoms with Gasteiger partial charge in [-0.3, -0.25) is 4.58 Å². The second-order valence-corrected chi connectivity index (χ2v) is 12.8. The lowest BCUT2D eigenvalue weighted by Gasteiger charge is -2.33. The largest absolute Gasteiger partial charge is 0.255 e. The second-order valence-electron chi connectivity index (χ2n) is 7.72. The molecule has 1 aromatic rings. The molecule has 0 N–H and O–H groups in total. The number of benzene rings is 1. The molecule has 1 aromatic carbocycles. The van der Waals surface area contributed by atoms with Crippen LogP contribution >= 0.6 is 0 Å². The van der Waals surface area contributed by atoms with Crippen molar-refractivity contribution in [3.63, 3.8) is 0 Å². The van der Waals surface area contributed by atoms with Gasteiger partial charge < -0.3 is 0 Å². The standard InChI is InChI=1S/C20H29NSi/c1-14(2)18-12-19(17-10-9-15(3)11-16(17)4)21(5)13-20(18)22(6,7)8/h9-14H,5H2,1-4,6-8H3. The topological polar surface area (TPSA) is 3.01 Å². The highest BCUT2D eigenvalue weighted by atomic mass is 28.3. The van der Waals surface area contributed by atoms with E-state index in [0.717, 1.165) is 0 Å². The Bertz CT molecular complexity index is 657. The molecule has 1 heterocycles. The summed E-state index contributed by atoms with van der Waals surface area (Å²) >= 11 is 0. The van der Waals surface area contributed by atoms with Crippen LogP contribution in [0.25, 0.3) is 0 Å². The molecule has 2 rings (SSSR count). The van der Waals surface area contributed by atoms with E-state index in [9.17, 15) is 0 Å². The van der Waals surface area contributed by atoms with E-state index in [0.29, 0.717) is 5.92 Å². The van der Waals surface area contributed by atoms with E-state index >= 15 is 0 Å². The maximum Gasteiger partial charge on any atom is 0.147 e. The zero-order valence-electron chi connectivity index (χ0n) is 15.1. The lowest BCUT2D eigenvalue weighted by molar-refractivity contribution is -0.418. The molecule has 0 fully saturated rings. The summed E-state index contributed by atoms with van der Waals surface area (Å²) in [7, 11) is -1.38. The first-order valence-corrected chi connectivity index (χ1v) is 11.6. The molecule has 118 valence electrons. The van der Waals surface area contributed by atoms with Crippen LogP contribution in [0, 0.1) is 25.8 Å². The molecule has 1 aliphatic rings. The van der Waals surface area contributed by atoms with Crippen LogP contribution in [0.3, 0.4) is 0 Å². The summed E-state index contributed by atoms with van der Waals surface area (Å²) in [6.45, 7) is 20.4. The molecule has 0 radical (unpaired) electrons. The molecule has 0 saturated carbocycles. The summed E-state index contributed by atoms with van der Waals surface area (Å²) in [6.07, 6.45) is 4.64. The van der Waals surface area contributed by atoms with Crippen molar-refractivity contribution in [3.8, 4) is 0 Å². The minimum absolute atomic E-state index is 0.535. The van der Waals surface area contributed by atoms with Crippen molar-refractivity contribution in [2.75, 3.05) is 0 Å². The highest BCUT2D eigenvalue weighted by Crippen LogP contribution is 2.36. The summed E-state index contributed by atoms with van der Waals surface area (Å²) in [6, 6.07) is 7.86. The minimum atomic E-state index is -1.38. The van der Waals surface area contributed by atoms with Gasteiger partial charge in [0.1, 0.15) is 12.2 Å². The molecule has 2 heteroatoms. The maximum absolute atomic E-state index is 4.27. The van der Waals surface area contributed by atoms with Gasteiger partial charge in [0.2, 0.25) is 0 Å². The van der Waals surface area contributed by atoms with Crippen molar-refractivity contribution in [3.05, 3.63) is 64.0 Å². The molecule has 0 aliphatic carbocycles. The lowest BCUT2D eigenvalue weighted by Crippen LogP contribution is -2.32. The van der Waals surface area contributed by atoms with Crippen LogP contribution in [0.4, 0.5) is 0 Å². The van der Waals surface area contributed by atoms with Crippen LogP contribution < -0.4 is 0 Å².